The van der Waals surface area contributed by atoms with E-state index in [1.54, 1.807) is 23.1 Å². The molecule has 0 aliphatic heterocycles. The van der Waals surface area contributed by atoms with Gasteiger partial charge >= 0.3 is 0 Å². The fourth-order valence-electron chi connectivity index (χ4n) is 1.48. The van der Waals surface area contributed by atoms with Crippen LogP contribution >= 0.6 is 23.1 Å². The highest BCUT2D eigenvalue weighted by molar-refractivity contribution is 8.01. The Hall–Kier alpha value is -1.74. The van der Waals surface area contributed by atoms with Crippen molar-refractivity contribution in [1.82, 2.24) is 25.3 Å². The summed E-state index contributed by atoms with van der Waals surface area (Å²) in [5.41, 5.74) is -0.000183. The van der Waals surface area contributed by atoms with Gasteiger partial charge in [-0.25, -0.2) is 4.68 Å². The van der Waals surface area contributed by atoms with E-state index in [9.17, 15) is 9.59 Å². The van der Waals surface area contributed by atoms with Crippen molar-refractivity contribution in [2.24, 2.45) is 7.05 Å². The average Bonchev–Trinajstić information content (AvgIpc) is 2.87. The lowest BCUT2D eigenvalue weighted by molar-refractivity contribution is 0.0946. The molecule has 9 heteroatoms. The maximum Gasteiger partial charge on any atom is 0.271 e. The van der Waals surface area contributed by atoms with Gasteiger partial charge in [0.1, 0.15) is 10.7 Å². The Morgan fingerprint density at radius 3 is 2.90 bits per heavy atom. The predicted octanol–water partition coefficient (Wildman–Crippen LogP) is 0.852. The van der Waals surface area contributed by atoms with Gasteiger partial charge < -0.3 is 5.32 Å². The summed E-state index contributed by atoms with van der Waals surface area (Å²) < 4.78 is 2.08. The molecular formula is C12H15N5O2S2. The molecule has 0 aliphatic carbocycles. The van der Waals surface area contributed by atoms with E-state index in [2.05, 4.69) is 20.6 Å². The molecule has 0 aromatic carbocycles. The number of amides is 1. The minimum absolute atomic E-state index is 0.240. The van der Waals surface area contributed by atoms with Gasteiger partial charge in [-0.05, 0) is 19.4 Å². The molecule has 112 valence electrons. The number of hydrogen-bond acceptors (Lipinski definition) is 7. The molecule has 0 unspecified atom stereocenters. The van der Waals surface area contributed by atoms with Gasteiger partial charge in [-0.15, -0.1) is 10.2 Å². The van der Waals surface area contributed by atoms with Crippen molar-refractivity contribution in [3.8, 4) is 0 Å². The van der Waals surface area contributed by atoms with Crippen LogP contribution in [0.25, 0.3) is 0 Å². The van der Waals surface area contributed by atoms with Gasteiger partial charge in [0.15, 0.2) is 4.34 Å². The summed E-state index contributed by atoms with van der Waals surface area (Å²) in [6.07, 6.45) is 0.820. The molecule has 1 amide bonds. The number of carbonyl (C=O) groups is 1. The SMILES string of the molecule is Cc1nnc(SCCCNC(=O)c2ccc(=O)n(C)n2)s1. The predicted molar refractivity (Wildman–Crippen MR) is 81.8 cm³/mol. The van der Waals surface area contributed by atoms with Gasteiger partial charge in [-0.2, -0.15) is 5.10 Å². The zero-order valence-corrected chi connectivity index (χ0v) is 13.3. The van der Waals surface area contributed by atoms with Crippen molar-refractivity contribution in [3.05, 3.63) is 33.2 Å². The van der Waals surface area contributed by atoms with Gasteiger partial charge in [0.2, 0.25) is 0 Å². The van der Waals surface area contributed by atoms with Crippen molar-refractivity contribution in [2.45, 2.75) is 17.7 Å². The minimum Gasteiger partial charge on any atom is -0.351 e. The van der Waals surface area contributed by atoms with E-state index in [0.29, 0.717) is 6.54 Å². The van der Waals surface area contributed by atoms with Crippen molar-refractivity contribution < 1.29 is 4.79 Å². The van der Waals surface area contributed by atoms with Crippen LogP contribution < -0.4 is 10.9 Å². The molecule has 0 saturated carbocycles. The van der Waals surface area contributed by atoms with E-state index >= 15 is 0 Å². The quantitative estimate of drug-likeness (QED) is 0.625. The van der Waals surface area contributed by atoms with Crippen LogP contribution in [0.3, 0.4) is 0 Å². The lowest BCUT2D eigenvalue weighted by Gasteiger charge is -2.04. The number of thioether (sulfide) groups is 1. The molecule has 2 heterocycles. The molecule has 2 rings (SSSR count). The molecule has 0 aliphatic rings. The van der Waals surface area contributed by atoms with Crippen molar-refractivity contribution in [3.63, 3.8) is 0 Å². The maximum atomic E-state index is 11.8. The fourth-order valence-corrected chi connectivity index (χ4v) is 3.31. The molecule has 7 nitrogen and oxygen atoms in total. The van der Waals surface area contributed by atoms with E-state index in [4.69, 9.17) is 0 Å². The molecule has 0 fully saturated rings. The molecule has 0 radical (unpaired) electrons. The summed E-state index contributed by atoms with van der Waals surface area (Å²) in [6.45, 7) is 2.47. The third kappa shape index (κ3) is 4.64. The summed E-state index contributed by atoms with van der Waals surface area (Å²) >= 11 is 3.19. The molecule has 21 heavy (non-hydrogen) atoms. The van der Waals surface area contributed by atoms with Crippen molar-refractivity contribution in [2.75, 3.05) is 12.3 Å². The Morgan fingerprint density at radius 2 is 2.24 bits per heavy atom. The van der Waals surface area contributed by atoms with Crippen LogP contribution in [0.2, 0.25) is 0 Å². The average molecular weight is 325 g/mol. The highest BCUT2D eigenvalue weighted by atomic mass is 32.2. The highest BCUT2D eigenvalue weighted by Crippen LogP contribution is 2.21. The number of rotatable bonds is 6. The van der Waals surface area contributed by atoms with Gasteiger partial charge in [0.25, 0.3) is 11.5 Å². The van der Waals surface area contributed by atoms with Crippen LogP contribution in [0, 0.1) is 6.92 Å². The summed E-state index contributed by atoms with van der Waals surface area (Å²) in [5.74, 6) is 0.581. The third-order valence-electron chi connectivity index (χ3n) is 2.53. The summed E-state index contributed by atoms with van der Waals surface area (Å²) in [6, 6.07) is 2.76. The Bertz CT molecular complexity index is 682. The van der Waals surface area contributed by atoms with Crippen LogP contribution in [-0.2, 0) is 7.05 Å². The van der Waals surface area contributed by atoms with Gasteiger partial charge in [-0.3, -0.25) is 9.59 Å². The van der Waals surface area contributed by atoms with E-state index in [1.165, 1.54) is 19.2 Å². The zero-order chi connectivity index (χ0) is 15.2. The molecule has 0 atom stereocenters. The van der Waals surface area contributed by atoms with Crippen LogP contribution in [0.15, 0.2) is 21.3 Å². The Balaban J connectivity index is 1.71. The van der Waals surface area contributed by atoms with Crippen LogP contribution in [0.5, 0.6) is 0 Å². The lowest BCUT2D eigenvalue weighted by Crippen LogP contribution is -2.29. The van der Waals surface area contributed by atoms with Crippen molar-refractivity contribution >= 4 is 29.0 Å². The van der Waals surface area contributed by atoms with Gasteiger partial charge in [0, 0.05) is 25.4 Å². The molecule has 0 bridgehead atoms. The van der Waals surface area contributed by atoms with Gasteiger partial charge in [-0.1, -0.05) is 23.1 Å². The molecule has 0 saturated heterocycles. The third-order valence-corrected chi connectivity index (χ3v) is 4.59. The van der Waals surface area contributed by atoms with Gasteiger partial charge in [0.05, 0.1) is 0 Å². The molecule has 1 N–H and O–H groups in total. The topological polar surface area (TPSA) is 89.8 Å². The fraction of sp³-hybridized carbons (Fsp3) is 0.417. The molecule has 2 aromatic heterocycles. The number of aryl methyl sites for hydroxylation is 2. The standard InChI is InChI=1S/C12H15N5O2S2/c1-8-14-15-12(21-8)20-7-3-6-13-11(19)9-4-5-10(18)17(2)16-9/h4-5H,3,6-7H2,1-2H3,(H,13,19). The first-order valence-electron chi connectivity index (χ1n) is 6.32. The zero-order valence-electron chi connectivity index (χ0n) is 11.7. The number of carbonyl (C=O) groups excluding carboxylic acids is 1. The minimum atomic E-state index is -0.276. The van der Waals surface area contributed by atoms with Crippen molar-refractivity contribution in [1.29, 1.82) is 0 Å². The second-order valence-electron chi connectivity index (χ2n) is 4.23. The van der Waals surface area contributed by atoms with Crippen LogP contribution in [0.4, 0.5) is 0 Å². The second kappa shape index (κ2) is 7.32. The summed E-state index contributed by atoms with van der Waals surface area (Å²) in [4.78, 5) is 23.0. The Labute approximate surface area is 129 Å². The number of hydrogen-bond donors (Lipinski definition) is 1. The van der Waals surface area contributed by atoms with Crippen LogP contribution in [-0.4, -0.2) is 38.2 Å². The largest absolute Gasteiger partial charge is 0.351 e. The van der Waals surface area contributed by atoms with E-state index in [0.717, 1.165) is 26.2 Å². The lowest BCUT2D eigenvalue weighted by atomic mass is 10.3. The number of nitrogens with one attached hydrogen (secondary N) is 1. The highest BCUT2D eigenvalue weighted by Gasteiger charge is 2.07. The number of aromatic nitrogens is 4. The Morgan fingerprint density at radius 1 is 1.43 bits per heavy atom. The first-order chi connectivity index (χ1) is 10.1. The van der Waals surface area contributed by atoms with E-state index in [-0.39, 0.29) is 17.2 Å². The normalized spacial score (nSPS) is 10.6. The maximum absolute atomic E-state index is 11.8. The Kier molecular flexibility index (Phi) is 5.45. The van der Waals surface area contributed by atoms with E-state index < -0.39 is 0 Å². The number of nitrogens with zero attached hydrogens (tertiary/aromatic N) is 4. The first-order valence-corrected chi connectivity index (χ1v) is 8.12. The molecule has 0 spiro atoms. The smallest absolute Gasteiger partial charge is 0.271 e. The summed E-state index contributed by atoms with van der Waals surface area (Å²) in [5, 5.41) is 15.6. The molecule has 2 aromatic rings. The second-order valence-corrected chi connectivity index (χ2v) is 6.75. The van der Waals surface area contributed by atoms with Crippen LogP contribution in [0.1, 0.15) is 21.9 Å². The summed E-state index contributed by atoms with van der Waals surface area (Å²) in [7, 11) is 1.51. The van der Waals surface area contributed by atoms with E-state index in [1.807, 2.05) is 6.92 Å². The molecular weight excluding hydrogens is 310 g/mol. The monoisotopic (exact) mass is 325 g/mol. The first kappa shape index (κ1) is 15.6.